The normalized spacial score (nSPS) is 32.5. The van der Waals surface area contributed by atoms with Crippen LogP contribution >= 0.6 is 0 Å². The summed E-state index contributed by atoms with van der Waals surface area (Å²) in [5, 5.41) is 0. The molecule has 1 saturated carbocycles. The first-order valence-corrected chi connectivity index (χ1v) is 5.66. The molecule has 1 fully saturated rings. The van der Waals surface area contributed by atoms with Crippen molar-refractivity contribution in [2.24, 2.45) is 16.6 Å². The number of hydrogen-bond acceptors (Lipinski definition) is 5. The van der Waals surface area contributed by atoms with Gasteiger partial charge in [-0.25, -0.2) is 18.8 Å². The highest BCUT2D eigenvalue weighted by Gasteiger charge is 2.64. The van der Waals surface area contributed by atoms with Gasteiger partial charge in [-0.15, -0.1) is 0 Å². The van der Waals surface area contributed by atoms with Crippen LogP contribution in [0.2, 0.25) is 0 Å². The van der Waals surface area contributed by atoms with Crippen molar-refractivity contribution in [2.45, 2.75) is 24.5 Å². The lowest BCUT2D eigenvalue weighted by Gasteiger charge is -2.32. The monoisotopic (exact) mass is 272 g/mol. The first kappa shape index (κ1) is 12.1. The van der Waals surface area contributed by atoms with Gasteiger partial charge in [-0.05, 0) is 12.5 Å². The maximum atomic E-state index is 13.8. The number of halogens is 3. The lowest BCUT2D eigenvalue weighted by atomic mass is 9.85. The second-order valence-corrected chi connectivity index (χ2v) is 4.68. The standard InChI is InChI=1S/C11H11F3N4O/c12-8-6(1-4(15)3-17-8)11(9(13)14)5-2-7(5)19-10(16)18-11/h1,3,5,7,9H,2,15H2,(H2,16,18). The first-order valence-electron chi connectivity index (χ1n) is 5.66. The van der Waals surface area contributed by atoms with E-state index in [1.165, 1.54) is 0 Å². The van der Waals surface area contributed by atoms with Gasteiger partial charge in [0, 0.05) is 11.5 Å². The first-order chi connectivity index (χ1) is 8.95. The number of alkyl halides is 2. The summed E-state index contributed by atoms with van der Waals surface area (Å²) in [5.74, 6) is -1.63. The van der Waals surface area contributed by atoms with Crippen LogP contribution in [0.3, 0.4) is 0 Å². The van der Waals surface area contributed by atoms with E-state index in [0.29, 0.717) is 6.42 Å². The van der Waals surface area contributed by atoms with E-state index in [0.717, 1.165) is 12.3 Å². The molecule has 2 aliphatic rings. The average Bonchev–Trinajstić information content (AvgIpc) is 3.10. The Morgan fingerprint density at radius 3 is 2.84 bits per heavy atom. The van der Waals surface area contributed by atoms with Crippen molar-refractivity contribution < 1.29 is 17.9 Å². The number of nitrogen functional groups attached to an aromatic ring is 1. The predicted molar refractivity (Wildman–Crippen MR) is 60.9 cm³/mol. The van der Waals surface area contributed by atoms with Gasteiger partial charge in [0.15, 0.2) is 5.54 Å². The van der Waals surface area contributed by atoms with E-state index in [1.807, 2.05) is 0 Å². The molecule has 0 spiro atoms. The fraction of sp³-hybridized carbons (Fsp3) is 0.455. The van der Waals surface area contributed by atoms with Crippen LogP contribution in [0.5, 0.6) is 0 Å². The summed E-state index contributed by atoms with van der Waals surface area (Å²) in [4.78, 5) is 7.08. The Labute approximate surface area is 106 Å². The van der Waals surface area contributed by atoms with Crippen LogP contribution < -0.4 is 11.5 Å². The molecule has 1 aromatic rings. The van der Waals surface area contributed by atoms with Gasteiger partial charge in [-0.2, -0.15) is 4.39 Å². The van der Waals surface area contributed by atoms with Crippen molar-refractivity contribution in [3.8, 4) is 0 Å². The van der Waals surface area contributed by atoms with E-state index in [9.17, 15) is 13.2 Å². The molecule has 8 heteroatoms. The van der Waals surface area contributed by atoms with Gasteiger partial charge in [0.1, 0.15) is 6.10 Å². The number of rotatable bonds is 2. The topological polar surface area (TPSA) is 86.5 Å². The van der Waals surface area contributed by atoms with Gasteiger partial charge < -0.3 is 16.2 Å². The summed E-state index contributed by atoms with van der Waals surface area (Å²) < 4.78 is 46.0. The van der Waals surface area contributed by atoms with Crippen molar-refractivity contribution in [3.63, 3.8) is 0 Å². The molecule has 102 valence electrons. The Hall–Kier alpha value is -1.99. The molecule has 3 atom stereocenters. The number of hydrogen-bond donors (Lipinski definition) is 2. The molecule has 19 heavy (non-hydrogen) atoms. The summed E-state index contributed by atoms with van der Waals surface area (Å²) in [6.07, 6.45) is -1.97. The minimum atomic E-state index is -2.93. The van der Waals surface area contributed by atoms with E-state index < -0.39 is 29.9 Å². The molecule has 0 radical (unpaired) electrons. The predicted octanol–water partition coefficient (Wildman–Crippen LogP) is 0.997. The number of aliphatic imine (C=N–C) groups is 1. The van der Waals surface area contributed by atoms with Crippen LogP contribution in [0, 0.1) is 11.9 Å². The minimum absolute atomic E-state index is 0.0916. The molecule has 0 bridgehead atoms. The fourth-order valence-corrected chi connectivity index (χ4v) is 2.54. The third-order valence-corrected chi connectivity index (χ3v) is 3.49. The van der Waals surface area contributed by atoms with Crippen LogP contribution in [0.1, 0.15) is 12.0 Å². The van der Waals surface area contributed by atoms with Crippen molar-refractivity contribution in [1.82, 2.24) is 4.98 Å². The third-order valence-electron chi connectivity index (χ3n) is 3.49. The molecule has 1 aromatic heterocycles. The molecule has 0 saturated heterocycles. The Balaban J connectivity index is 2.21. The number of nitrogens with two attached hydrogens (primary N) is 2. The highest BCUT2D eigenvalue weighted by Crippen LogP contribution is 2.56. The number of aromatic nitrogens is 1. The fourth-order valence-electron chi connectivity index (χ4n) is 2.54. The summed E-state index contributed by atoms with van der Waals surface area (Å²) >= 11 is 0. The summed E-state index contributed by atoms with van der Waals surface area (Å²) in [7, 11) is 0. The average molecular weight is 272 g/mol. The van der Waals surface area contributed by atoms with Crippen LogP contribution in [-0.2, 0) is 10.3 Å². The molecule has 1 aliphatic heterocycles. The smallest absolute Gasteiger partial charge is 0.283 e. The van der Waals surface area contributed by atoms with Gasteiger partial charge in [-0.1, -0.05) is 0 Å². The summed E-state index contributed by atoms with van der Waals surface area (Å²) in [6.45, 7) is 0. The van der Waals surface area contributed by atoms with Gasteiger partial charge in [0.25, 0.3) is 12.4 Å². The number of amidine groups is 1. The molecule has 2 heterocycles. The zero-order valence-corrected chi connectivity index (χ0v) is 9.69. The minimum Gasteiger partial charge on any atom is -0.462 e. The summed E-state index contributed by atoms with van der Waals surface area (Å²) in [5.41, 5.74) is 8.62. The highest BCUT2D eigenvalue weighted by atomic mass is 19.3. The highest BCUT2D eigenvalue weighted by molar-refractivity contribution is 5.74. The van der Waals surface area contributed by atoms with Crippen LogP contribution in [-0.4, -0.2) is 23.5 Å². The maximum Gasteiger partial charge on any atom is 0.283 e. The molecule has 4 N–H and O–H groups in total. The Bertz CT molecular complexity index is 565. The van der Waals surface area contributed by atoms with E-state index in [1.54, 1.807) is 0 Å². The summed E-state index contributed by atoms with van der Waals surface area (Å²) in [6, 6.07) is 0.771. The Morgan fingerprint density at radius 2 is 2.16 bits per heavy atom. The lowest BCUT2D eigenvalue weighted by Crippen LogP contribution is -2.43. The molecule has 1 aliphatic carbocycles. The largest absolute Gasteiger partial charge is 0.462 e. The molecule has 3 rings (SSSR count). The van der Waals surface area contributed by atoms with E-state index >= 15 is 0 Å². The van der Waals surface area contributed by atoms with Gasteiger partial charge in [-0.3, -0.25) is 0 Å². The molecular formula is C11H11F3N4O. The Morgan fingerprint density at radius 1 is 1.42 bits per heavy atom. The zero-order chi connectivity index (χ0) is 13.8. The van der Waals surface area contributed by atoms with Crippen LogP contribution in [0.25, 0.3) is 0 Å². The Kier molecular flexibility index (Phi) is 2.38. The second kappa shape index (κ2) is 3.75. The molecule has 0 aromatic carbocycles. The molecule has 3 unspecified atom stereocenters. The number of pyridine rings is 1. The second-order valence-electron chi connectivity index (χ2n) is 4.68. The zero-order valence-electron chi connectivity index (χ0n) is 9.69. The number of nitrogens with zero attached hydrogens (tertiary/aromatic N) is 2. The lowest BCUT2D eigenvalue weighted by molar-refractivity contribution is 0.0172. The van der Waals surface area contributed by atoms with Crippen LogP contribution in [0.15, 0.2) is 17.3 Å². The van der Waals surface area contributed by atoms with E-state index in [2.05, 4.69) is 9.98 Å². The molecular weight excluding hydrogens is 261 g/mol. The van der Waals surface area contributed by atoms with Gasteiger partial charge in [0.05, 0.1) is 11.9 Å². The quantitative estimate of drug-likeness (QED) is 0.786. The number of ether oxygens (including phenoxy) is 1. The third kappa shape index (κ3) is 1.62. The SMILES string of the molecule is NC1=NC(c2cc(N)cnc2F)(C(F)F)C2CC2O1. The molecule has 0 amide bonds. The molecule has 5 nitrogen and oxygen atoms in total. The van der Waals surface area contributed by atoms with Crippen molar-refractivity contribution in [1.29, 1.82) is 0 Å². The van der Waals surface area contributed by atoms with Crippen molar-refractivity contribution in [3.05, 3.63) is 23.8 Å². The van der Waals surface area contributed by atoms with Crippen LogP contribution in [0.4, 0.5) is 18.9 Å². The van der Waals surface area contributed by atoms with E-state index in [4.69, 9.17) is 16.2 Å². The van der Waals surface area contributed by atoms with E-state index in [-0.39, 0.29) is 17.3 Å². The number of fused-ring (bicyclic) bond motifs is 1. The van der Waals surface area contributed by atoms with Crippen molar-refractivity contribution in [2.75, 3.05) is 5.73 Å². The van der Waals surface area contributed by atoms with Crippen molar-refractivity contribution >= 4 is 11.7 Å². The number of anilines is 1. The van der Waals surface area contributed by atoms with Gasteiger partial charge >= 0.3 is 0 Å². The maximum absolute atomic E-state index is 13.8. The van der Waals surface area contributed by atoms with Gasteiger partial charge in [0.2, 0.25) is 5.95 Å².